The number of carbonyl (C=O) groups is 1. The van der Waals surface area contributed by atoms with Crippen molar-refractivity contribution in [1.82, 2.24) is 20.3 Å². The zero-order valence-electron chi connectivity index (χ0n) is 17.1. The Kier molecular flexibility index (Phi) is 6.97. The molecule has 0 bridgehead atoms. The van der Waals surface area contributed by atoms with E-state index in [9.17, 15) is 9.90 Å². The number of aliphatic hydroxyl groups is 1. The zero-order valence-corrected chi connectivity index (χ0v) is 17.8. The molecular formula is C22H24ClN5O2. The van der Waals surface area contributed by atoms with Crippen molar-refractivity contribution in [2.24, 2.45) is 0 Å². The van der Waals surface area contributed by atoms with Gasteiger partial charge in [0.15, 0.2) is 0 Å². The number of hydrogen-bond acceptors (Lipinski definition) is 6. The summed E-state index contributed by atoms with van der Waals surface area (Å²) in [4.78, 5) is 25.2. The van der Waals surface area contributed by atoms with Gasteiger partial charge in [-0.25, -0.2) is 4.98 Å². The van der Waals surface area contributed by atoms with E-state index in [0.29, 0.717) is 16.4 Å². The summed E-state index contributed by atoms with van der Waals surface area (Å²) in [5.74, 6) is -0.0998. The van der Waals surface area contributed by atoms with Gasteiger partial charge in [-0.15, -0.1) is 0 Å². The molecule has 0 spiro atoms. The van der Waals surface area contributed by atoms with E-state index in [1.165, 1.54) is 6.20 Å². The number of aliphatic hydroxyl groups excluding tert-OH is 1. The van der Waals surface area contributed by atoms with Crippen LogP contribution < -0.4 is 10.6 Å². The van der Waals surface area contributed by atoms with E-state index in [-0.39, 0.29) is 18.4 Å². The van der Waals surface area contributed by atoms with Gasteiger partial charge in [-0.05, 0) is 42.7 Å². The molecule has 8 heteroatoms. The summed E-state index contributed by atoms with van der Waals surface area (Å²) in [7, 11) is 0. The van der Waals surface area contributed by atoms with Gasteiger partial charge in [0.2, 0.25) is 0 Å². The molecule has 7 nitrogen and oxygen atoms in total. The molecule has 30 heavy (non-hydrogen) atoms. The van der Waals surface area contributed by atoms with Gasteiger partial charge < -0.3 is 15.7 Å². The van der Waals surface area contributed by atoms with Crippen LogP contribution in [0.1, 0.15) is 42.6 Å². The molecule has 156 valence electrons. The standard InChI is InChI=1S/C22H24ClN5O2/c1-13(2)16-12-26-19(15-4-7-25-21(23)8-15)9-20(16)28-18-5-6-24-11-17(18)22(30)27-10-14(3)29/h4-9,11-14,29H,10H2,1-3H3,(H,27,30)(H,24,26,28). The molecule has 3 aromatic heterocycles. The van der Waals surface area contributed by atoms with E-state index in [1.807, 2.05) is 18.3 Å². The fraction of sp³-hybridized carbons (Fsp3) is 0.273. The molecule has 0 saturated carbocycles. The van der Waals surface area contributed by atoms with E-state index in [0.717, 1.165) is 22.5 Å². The van der Waals surface area contributed by atoms with E-state index in [2.05, 4.69) is 39.4 Å². The summed E-state index contributed by atoms with van der Waals surface area (Å²) in [6, 6.07) is 7.27. The van der Waals surface area contributed by atoms with E-state index in [1.54, 1.807) is 31.5 Å². The van der Waals surface area contributed by atoms with Crippen molar-refractivity contribution >= 4 is 28.9 Å². The summed E-state index contributed by atoms with van der Waals surface area (Å²) in [5, 5.41) is 15.9. The number of carbonyl (C=O) groups excluding carboxylic acids is 1. The number of nitrogens with one attached hydrogen (secondary N) is 2. The Balaban J connectivity index is 1.98. The molecular weight excluding hydrogens is 402 g/mol. The Morgan fingerprint density at radius 2 is 1.90 bits per heavy atom. The van der Waals surface area contributed by atoms with Gasteiger partial charge in [0.25, 0.3) is 5.91 Å². The highest BCUT2D eigenvalue weighted by Gasteiger charge is 2.16. The van der Waals surface area contributed by atoms with E-state index in [4.69, 9.17) is 11.6 Å². The lowest BCUT2D eigenvalue weighted by Gasteiger charge is -2.18. The molecule has 3 aromatic rings. The topological polar surface area (TPSA) is 100 Å². The third kappa shape index (κ3) is 5.31. The Labute approximate surface area is 180 Å². The first-order chi connectivity index (χ1) is 14.3. The predicted molar refractivity (Wildman–Crippen MR) is 118 cm³/mol. The second kappa shape index (κ2) is 9.65. The van der Waals surface area contributed by atoms with Crippen molar-refractivity contribution in [2.45, 2.75) is 32.8 Å². The molecule has 0 aromatic carbocycles. The molecule has 0 aliphatic heterocycles. The first-order valence-corrected chi connectivity index (χ1v) is 10.0. The third-order valence-corrected chi connectivity index (χ3v) is 4.68. The normalized spacial score (nSPS) is 11.9. The van der Waals surface area contributed by atoms with Gasteiger partial charge in [-0.2, -0.15) is 0 Å². The number of amides is 1. The Hall–Kier alpha value is -3.03. The highest BCUT2D eigenvalue weighted by atomic mass is 35.5. The van der Waals surface area contributed by atoms with Crippen molar-refractivity contribution in [2.75, 3.05) is 11.9 Å². The van der Waals surface area contributed by atoms with Gasteiger partial charge >= 0.3 is 0 Å². The number of pyridine rings is 3. The molecule has 3 N–H and O–H groups in total. The fourth-order valence-corrected chi connectivity index (χ4v) is 3.09. The number of rotatable bonds is 7. The molecule has 3 heterocycles. The van der Waals surface area contributed by atoms with Gasteiger partial charge in [0, 0.05) is 42.6 Å². The molecule has 1 unspecified atom stereocenters. The van der Waals surface area contributed by atoms with Gasteiger partial charge in [0.05, 0.1) is 23.0 Å². The number of anilines is 2. The monoisotopic (exact) mass is 425 g/mol. The number of hydrogen-bond donors (Lipinski definition) is 3. The maximum Gasteiger partial charge on any atom is 0.255 e. The maximum absolute atomic E-state index is 12.6. The Morgan fingerprint density at radius 1 is 1.10 bits per heavy atom. The number of aromatic nitrogens is 3. The van der Waals surface area contributed by atoms with Crippen LogP contribution in [0, 0.1) is 0 Å². The highest BCUT2D eigenvalue weighted by molar-refractivity contribution is 6.29. The summed E-state index contributed by atoms with van der Waals surface area (Å²) < 4.78 is 0. The molecule has 0 fully saturated rings. The molecule has 1 amide bonds. The fourth-order valence-electron chi connectivity index (χ4n) is 2.92. The number of halogens is 1. The molecule has 0 aliphatic carbocycles. The molecule has 0 aliphatic rings. The van der Waals surface area contributed by atoms with Crippen LogP contribution in [0.25, 0.3) is 11.3 Å². The SMILES string of the molecule is CC(O)CNC(=O)c1cnccc1Nc1cc(-c2ccnc(Cl)c2)ncc1C(C)C. The Morgan fingerprint density at radius 3 is 2.60 bits per heavy atom. The smallest absolute Gasteiger partial charge is 0.255 e. The van der Waals surface area contributed by atoms with Crippen LogP contribution in [0.3, 0.4) is 0 Å². The molecule has 3 rings (SSSR count). The van der Waals surface area contributed by atoms with Crippen LogP contribution >= 0.6 is 11.6 Å². The van der Waals surface area contributed by atoms with Crippen LogP contribution in [0.15, 0.2) is 49.1 Å². The van der Waals surface area contributed by atoms with Gasteiger partial charge in [-0.3, -0.25) is 14.8 Å². The first kappa shape index (κ1) is 21.7. The second-order valence-electron chi connectivity index (χ2n) is 7.28. The molecule has 0 saturated heterocycles. The van der Waals surface area contributed by atoms with Crippen LogP contribution in [0.2, 0.25) is 5.15 Å². The first-order valence-electron chi connectivity index (χ1n) is 9.64. The average Bonchev–Trinajstić information content (AvgIpc) is 2.72. The van der Waals surface area contributed by atoms with E-state index < -0.39 is 6.10 Å². The minimum atomic E-state index is -0.635. The predicted octanol–water partition coefficient (Wildman–Crippen LogP) is 4.17. The lowest BCUT2D eigenvalue weighted by molar-refractivity contribution is 0.0924. The van der Waals surface area contributed by atoms with Crippen LogP contribution in [-0.2, 0) is 0 Å². The van der Waals surface area contributed by atoms with Gasteiger partial charge in [-0.1, -0.05) is 25.4 Å². The Bertz CT molecular complexity index is 1040. The molecule has 0 radical (unpaired) electrons. The van der Waals surface area contributed by atoms with Crippen LogP contribution in [0.5, 0.6) is 0 Å². The van der Waals surface area contributed by atoms with Crippen LogP contribution in [-0.4, -0.2) is 38.6 Å². The largest absolute Gasteiger partial charge is 0.392 e. The summed E-state index contributed by atoms with van der Waals surface area (Å²) in [5.41, 5.74) is 4.42. The summed E-state index contributed by atoms with van der Waals surface area (Å²) in [6.45, 7) is 5.93. The van der Waals surface area contributed by atoms with Crippen molar-refractivity contribution in [3.8, 4) is 11.3 Å². The minimum Gasteiger partial charge on any atom is -0.392 e. The van der Waals surface area contributed by atoms with Crippen LogP contribution in [0.4, 0.5) is 11.4 Å². The molecule has 1 atom stereocenters. The van der Waals surface area contributed by atoms with Crippen molar-refractivity contribution in [1.29, 1.82) is 0 Å². The van der Waals surface area contributed by atoms with Crippen molar-refractivity contribution < 1.29 is 9.90 Å². The average molecular weight is 426 g/mol. The zero-order chi connectivity index (χ0) is 21.7. The lowest BCUT2D eigenvalue weighted by Crippen LogP contribution is -2.31. The highest BCUT2D eigenvalue weighted by Crippen LogP contribution is 2.31. The summed E-state index contributed by atoms with van der Waals surface area (Å²) >= 11 is 6.03. The third-order valence-electron chi connectivity index (χ3n) is 4.47. The van der Waals surface area contributed by atoms with Crippen molar-refractivity contribution in [3.05, 3.63) is 65.3 Å². The van der Waals surface area contributed by atoms with Gasteiger partial charge in [0.1, 0.15) is 5.15 Å². The minimum absolute atomic E-state index is 0.159. The van der Waals surface area contributed by atoms with E-state index >= 15 is 0 Å². The second-order valence-corrected chi connectivity index (χ2v) is 7.67. The van der Waals surface area contributed by atoms with Crippen molar-refractivity contribution in [3.63, 3.8) is 0 Å². The number of nitrogens with zero attached hydrogens (tertiary/aromatic N) is 3. The quantitative estimate of drug-likeness (QED) is 0.491. The maximum atomic E-state index is 12.6. The summed E-state index contributed by atoms with van der Waals surface area (Å²) in [6.07, 6.45) is 5.94. The lowest BCUT2D eigenvalue weighted by atomic mass is 10.0.